The fourth-order valence-corrected chi connectivity index (χ4v) is 5.28. The highest BCUT2D eigenvalue weighted by molar-refractivity contribution is 7.89. The molecule has 0 atom stereocenters. The van der Waals surface area contributed by atoms with Crippen molar-refractivity contribution < 1.29 is 22.1 Å². The van der Waals surface area contributed by atoms with E-state index in [1.54, 1.807) is 17.6 Å². The van der Waals surface area contributed by atoms with Crippen LogP contribution in [0.25, 0.3) is 10.8 Å². The Labute approximate surface area is 160 Å². The number of hydrogen-bond donors (Lipinski definition) is 1. The van der Waals surface area contributed by atoms with E-state index in [0.29, 0.717) is 38.6 Å². The lowest BCUT2D eigenvalue weighted by Gasteiger charge is -2.31. The minimum Gasteiger partial charge on any atom is -0.443 e. The summed E-state index contributed by atoms with van der Waals surface area (Å²) in [7, 11) is -3.66. The summed E-state index contributed by atoms with van der Waals surface area (Å²) in [6.45, 7) is 2.79. The number of nitrogens with one attached hydrogen (secondary N) is 1. The van der Waals surface area contributed by atoms with Crippen LogP contribution in [-0.2, 0) is 16.6 Å². The number of rotatable bonds is 5. The molecular weight excluding hydrogens is 389 g/mol. The van der Waals surface area contributed by atoms with Crippen molar-refractivity contribution in [2.75, 3.05) is 26.2 Å². The van der Waals surface area contributed by atoms with Gasteiger partial charge in [-0.1, -0.05) is 12.1 Å². The Morgan fingerprint density at radius 2 is 2.04 bits per heavy atom. The Bertz CT molecular complexity index is 1010. The molecule has 1 aliphatic heterocycles. The van der Waals surface area contributed by atoms with Crippen molar-refractivity contribution in [1.29, 1.82) is 0 Å². The molecule has 0 radical (unpaired) electrons. The number of oxazole rings is 1. The lowest BCUT2D eigenvalue weighted by molar-refractivity contribution is -0.917. The Morgan fingerprint density at radius 1 is 1.22 bits per heavy atom. The highest BCUT2D eigenvalue weighted by atomic mass is 32.2. The topological polar surface area (TPSA) is 67.8 Å². The van der Waals surface area contributed by atoms with Crippen molar-refractivity contribution in [2.45, 2.75) is 11.4 Å². The summed E-state index contributed by atoms with van der Waals surface area (Å²) in [6.07, 6.45) is 1.66. The third-order valence-corrected chi connectivity index (χ3v) is 7.33. The van der Waals surface area contributed by atoms with E-state index in [1.165, 1.54) is 27.4 Å². The molecule has 1 saturated heterocycles. The van der Waals surface area contributed by atoms with Crippen molar-refractivity contribution in [3.8, 4) is 10.8 Å². The Kier molecular flexibility index (Phi) is 5.09. The van der Waals surface area contributed by atoms with Crippen molar-refractivity contribution >= 4 is 21.4 Å². The first-order chi connectivity index (χ1) is 13.0. The van der Waals surface area contributed by atoms with Crippen molar-refractivity contribution in [3.05, 3.63) is 59.6 Å². The monoisotopic (exact) mass is 408 g/mol. The van der Waals surface area contributed by atoms with Gasteiger partial charge in [0.1, 0.15) is 24.3 Å². The number of sulfonamides is 1. The maximum atomic E-state index is 13.4. The number of aromatic nitrogens is 1. The van der Waals surface area contributed by atoms with E-state index in [-0.39, 0.29) is 4.90 Å². The number of thiophene rings is 1. The Morgan fingerprint density at radius 3 is 2.74 bits per heavy atom. The second kappa shape index (κ2) is 7.51. The van der Waals surface area contributed by atoms with Gasteiger partial charge in [-0.05, 0) is 29.6 Å². The molecule has 9 heteroatoms. The second-order valence-corrected chi connectivity index (χ2v) is 9.30. The van der Waals surface area contributed by atoms with Gasteiger partial charge in [-0.3, -0.25) is 0 Å². The first-order valence-corrected chi connectivity index (χ1v) is 10.9. The van der Waals surface area contributed by atoms with Crippen LogP contribution in [0.2, 0.25) is 0 Å². The molecule has 0 aliphatic carbocycles. The predicted molar refractivity (Wildman–Crippen MR) is 99.4 cm³/mol. The second-order valence-electron chi connectivity index (χ2n) is 6.41. The number of benzene rings is 1. The fourth-order valence-electron chi connectivity index (χ4n) is 3.15. The third-order valence-electron chi connectivity index (χ3n) is 4.58. The zero-order chi connectivity index (χ0) is 18.9. The molecule has 3 heterocycles. The number of halogens is 1. The highest BCUT2D eigenvalue weighted by Crippen LogP contribution is 2.23. The number of hydrogen-bond acceptors (Lipinski definition) is 5. The number of quaternary nitrogens is 1. The standard InChI is InChI=1S/C18H18FN3O3S2/c19-14-3-1-4-16(11-14)27(23,24)22-8-6-21(7-9-22)12-15-13-25-18(20-15)17-5-2-10-26-17/h1-5,10-11,13H,6-9,12H2/p+1. The normalized spacial score (nSPS) is 16.6. The summed E-state index contributed by atoms with van der Waals surface area (Å²) in [6, 6.07) is 9.06. The largest absolute Gasteiger partial charge is 0.443 e. The lowest BCUT2D eigenvalue weighted by Crippen LogP contribution is -3.13. The Hall–Kier alpha value is -2.07. The molecule has 0 amide bonds. The molecule has 6 nitrogen and oxygen atoms in total. The van der Waals surface area contributed by atoms with E-state index >= 15 is 0 Å². The zero-order valence-electron chi connectivity index (χ0n) is 14.5. The molecule has 0 unspecified atom stereocenters. The van der Waals surface area contributed by atoms with Gasteiger partial charge in [0, 0.05) is 0 Å². The van der Waals surface area contributed by atoms with Gasteiger partial charge >= 0.3 is 0 Å². The van der Waals surface area contributed by atoms with E-state index in [0.717, 1.165) is 16.6 Å². The highest BCUT2D eigenvalue weighted by Gasteiger charge is 2.31. The summed E-state index contributed by atoms with van der Waals surface area (Å²) in [5.74, 6) is 0.0691. The minimum atomic E-state index is -3.66. The molecule has 27 heavy (non-hydrogen) atoms. The molecule has 1 fully saturated rings. The first-order valence-electron chi connectivity index (χ1n) is 8.60. The summed E-state index contributed by atoms with van der Waals surface area (Å²) < 4.78 is 45.7. The molecule has 0 bridgehead atoms. The smallest absolute Gasteiger partial charge is 0.243 e. The van der Waals surface area contributed by atoms with E-state index in [9.17, 15) is 12.8 Å². The van der Waals surface area contributed by atoms with Crippen LogP contribution >= 0.6 is 11.3 Å². The maximum absolute atomic E-state index is 13.4. The van der Waals surface area contributed by atoms with Crippen LogP contribution in [0.1, 0.15) is 5.69 Å². The van der Waals surface area contributed by atoms with Crippen LogP contribution in [0, 0.1) is 5.82 Å². The predicted octanol–water partition coefficient (Wildman–Crippen LogP) is 1.63. The summed E-state index contributed by atoms with van der Waals surface area (Å²) in [4.78, 5) is 6.75. The van der Waals surface area contributed by atoms with E-state index < -0.39 is 15.8 Å². The summed E-state index contributed by atoms with van der Waals surface area (Å²) >= 11 is 1.57. The van der Waals surface area contributed by atoms with Gasteiger partial charge in [0.15, 0.2) is 0 Å². The van der Waals surface area contributed by atoms with Gasteiger partial charge in [-0.15, -0.1) is 11.3 Å². The molecular formula is C18H19FN3O3S2+. The molecule has 2 aromatic heterocycles. The van der Waals surface area contributed by atoms with Gasteiger partial charge in [-0.25, -0.2) is 17.8 Å². The van der Waals surface area contributed by atoms with Crippen LogP contribution < -0.4 is 4.90 Å². The van der Waals surface area contributed by atoms with Gasteiger partial charge in [0.25, 0.3) is 0 Å². The van der Waals surface area contributed by atoms with Crippen LogP contribution in [0.15, 0.2) is 57.4 Å². The zero-order valence-corrected chi connectivity index (χ0v) is 16.1. The molecule has 0 spiro atoms. The SMILES string of the molecule is O=S(=O)(c1cccc(F)c1)N1CC[NH+](Cc2coc(-c3cccs3)n2)CC1. The summed E-state index contributed by atoms with van der Waals surface area (Å²) in [5, 5.41) is 1.97. The third kappa shape index (κ3) is 3.96. The summed E-state index contributed by atoms with van der Waals surface area (Å²) in [5.41, 5.74) is 0.856. The van der Waals surface area contributed by atoms with Crippen molar-refractivity contribution in [3.63, 3.8) is 0 Å². The number of piperazine rings is 1. The maximum Gasteiger partial charge on any atom is 0.243 e. The fraction of sp³-hybridized carbons (Fsp3) is 0.278. The van der Waals surface area contributed by atoms with E-state index in [4.69, 9.17) is 4.42 Å². The van der Waals surface area contributed by atoms with Gasteiger partial charge in [0.2, 0.25) is 15.9 Å². The molecule has 3 aromatic rings. The molecule has 1 aromatic carbocycles. The average Bonchev–Trinajstić information content (AvgIpc) is 3.34. The van der Waals surface area contributed by atoms with Gasteiger partial charge in [0.05, 0.1) is 36.0 Å². The molecule has 4 rings (SSSR count). The van der Waals surface area contributed by atoms with Gasteiger partial charge < -0.3 is 9.32 Å². The molecule has 142 valence electrons. The average molecular weight is 409 g/mol. The van der Waals surface area contributed by atoms with Gasteiger partial charge in [-0.2, -0.15) is 4.31 Å². The van der Waals surface area contributed by atoms with Crippen LogP contribution in [0.5, 0.6) is 0 Å². The van der Waals surface area contributed by atoms with Crippen molar-refractivity contribution in [1.82, 2.24) is 9.29 Å². The lowest BCUT2D eigenvalue weighted by atomic mass is 10.3. The Balaban J connectivity index is 1.38. The van der Waals surface area contributed by atoms with Crippen LogP contribution in [0.4, 0.5) is 4.39 Å². The number of nitrogens with zero attached hydrogens (tertiary/aromatic N) is 2. The van der Waals surface area contributed by atoms with Crippen molar-refractivity contribution in [2.24, 2.45) is 0 Å². The first kappa shape index (κ1) is 18.3. The van der Waals surface area contributed by atoms with Crippen LogP contribution in [-0.4, -0.2) is 43.9 Å². The quantitative estimate of drug-likeness (QED) is 0.697. The van der Waals surface area contributed by atoms with Crippen LogP contribution in [0.3, 0.4) is 0 Å². The van der Waals surface area contributed by atoms with E-state index in [2.05, 4.69) is 4.98 Å². The van der Waals surface area contributed by atoms with E-state index in [1.807, 2.05) is 17.5 Å². The molecule has 1 aliphatic rings. The molecule has 0 saturated carbocycles. The minimum absolute atomic E-state index is 0.00282. The molecule has 1 N–H and O–H groups in total.